The maximum Gasteiger partial charge on any atom is 0.119 e. The Labute approximate surface area is 151 Å². The van der Waals surface area contributed by atoms with Gasteiger partial charge in [0.1, 0.15) is 11.5 Å². The van der Waals surface area contributed by atoms with E-state index in [0.29, 0.717) is 0 Å². The minimum Gasteiger partial charge on any atom is -0.494 e. The van der Waals surface area contributed by atoms with E-state index in [4.69, 9.17) is 9.47 Å². The first-order valence-electron chi connectivity index (χ1n) is 8.13. The van der Waals surface area contributed by atoms with Gasteiger partial charge in [0.15, 0.2) is 0 Å². The smallest absolute Gasteiger partial charge is 0.119 e. The molecule has 4 nitrogen and oxygen atoms in total. The molecule has 0 aromatic heterocycles. The summed E-state index contributed by atoms with van der Waals surface area (Å²) in [5.41, 5.74) is 2.19. The first-order chi connectivity index (χ1) is 11.3. The van der Waals surface area contributed by atoms with Crippen molar-refractivity contribution in [2.24, 2.45) is 0 Å². The van der Waals surface area contributed by atoms with Gasteiger partial charge < -0.3 is 20.1 Å². The quantitative estimate of drug-likeness (QED) is 0.603. The fourth-order valence-corrected chi connectivity index (χ4v) is 2.20. The van der Waals surface area contributed by atoms with Crippen LogP contribution in [0.3, 0.4) is 0 Å². The number of hydrogen-bond acceptors (Lipinski definition) is 4. The van der Waals surface area contributed by atoms with Gasteiger partial charge in [-0.3, -0.25) is 0 Å². The summed E-state index contributed by atoms with van der Waals surface area (Å²) < 4.78 is 11.4. The highest BCUT2D eigenvalue weighted by Gasteiger charge is 1.97. The van der Waals surface area contributed by atoms with E-state index in [1.54, 1.807) is 0 Å². The zero-order chi connectivity index (χ0) is 16.3. The van der Waals surface area contributed by atoms with Crippen molar-refractivity contribution in [2.75, 3.05) is 37.9 Å². The maximum absolute atomic E-state index is 5.72. The molecule has 0 heterocycles. The fourth-order valence-electron chi connectivity index (χ4n) is 2.20. The normalized spacial score (nSPS) is 9.75. The molecule has 2 aromatic carbocycles. The number of anilines is 2. The predicted molar refractivity (Wildman–Crippen MR) is 104 cm³/mol. The Morgan fingerprint density at radius 2 is 1.00 bits per heavy atom. The first-order valence-corrected chi connectivity index (χ1v) is 8.13. The van der Waals surface area contributed by atoms with E-state index < -0.39 is 0 Å². The highest BCUT2D eigenvalue weighted by molar-refractivity contribution is 5.85. The number of rotatable bonds is 10. The molecule has 0 saturated heterocycles. The van der Waals surface area contributed by atoms with E-state index in [2.05, 4.69) is 10.6 Å². The van der Waals surface area contributed by atoms with Gasteiger partial charge in [-0.25, -0.2) is 0 Å². The summed E-state index contributed by atoms with van der Waals surface area (Å²) in [7, 11) is 3.82. The third kappa shape index (κ3) is 7.01. The van der Waals surface area contributed by atoms with Crippen molar-refractivity contribution >= 4 is 23.8 Å². The summed E-state index contributed by atoms with van der Waals surface area (Å²) in [5, 5.41) is 6.18. The Morgan fingerprint density at radius 3 is 1.33 bits per heavy atom. The van der Waals surface area contributed by atoms with Crippen molar-refractivity contribution in [1.82, 2.24) is 0 Å². The molecule has 2 N–H and O–H groups in total. The van der Waals surface area contributed by atoms with Gasteiger partial charge >= 0.3 is 0 Å². The molecule has 2 aromatic rings. The molecule has 0 amide bonds. The molecule has 0 radical (unpaired) electrons. The Kier molecular flexibility index (Phi) is 9.54. The number of unbranched alkanes of at least 4 members (excludes halogenated alkanes) is 2. The summed E-state index contributed by atoms with van der Waals surface area (Å²) in [4.78, 5) is 0. The SMILES string of the molecule is CNc1ccc(OCCCCCOc2ccc(NC)cc2)cc1.Cl. The summed E-state index contributed by atoms with van der Waals surface area (Å²) in [6.07, 6.45) is 3.18. The van der Waals surface area contributed by atoms with Gasteiger partial charge in [-0.2, -0.15) is 0 Å². The van der Waals surface area contributed by atoms with Gasteiger partial charge in [-0.15, -0.1) is 12.4 Å². The third-order valence-electron chi connectivity index (χ3n) is 3.61. The number of benzene rings is 2. The molecule has 0 bridgehead atoms. The van der Waals surface area contributed by atoms with Crippen LogP contribution in [0.25, 0.3) is 0 Å². The largest absolute Gasteiger partial charge is 0.494 e. The van der Waals surface area contributed by atoms with Crippen molar-refractivity contribution in [3.05, 3.63) is 48.5 Å². The van der Waals surface area contributed by atoms with Crippen molar-refractivity contribution in [3.63, 3.8) is 0 Å². The van der Waals surface area contributed by atoms with Gasteiger partial charge in [-0.1, -0.05) is 0 Å². The van der Waals surface area contributed by atoms with Gasteiger partial charge in [0.05, 0.1) is 13.2 Å². The highest BCUT2D eigenvalue weighted by Crippen LogP contribution is 2.16. The van der Waals surface area contributed by atoms with Gasteiger partial charge in [-0.05, 0) is 67.8 Å². The lowest BCUT2D eigenvalue weighted by Crippen LogP contribution is -2.01. The Balaban J connectivity index is 0.00000288. The van der Waals surface area contributed by atoms with E-state index in [1.165, 1.54) is 0 Å². The summed E-state index contributed by atoms with van der Waals surface area (Å²) in [6.45, 7) is 1.49. The van der Waals surface area contributed by atoms with E-state index in [0.717, 1.165) is 55.4 Å². The second kappa shape index (κ2) is 11.5. The molecular weight excluding hydrogens is 324 g/mol. The molecule has 24 heavy (non-hydrogen) atoms. The Morgan fingerprint density at radius 1 is 0.625 bits per heavy atom. The second-order valence-electron chi connectivity index (χ2n) is 5.31. The second-order valence-corrected chi connectivity index (χ2v) is 5.31. The zero-order valence-corrected chi connectivity index (χ0v) is 15.2. The molecule has 0 fully saturated rings. The highest BCUT2D eigenvalue weighted by atomic mass is 35.5. The Bertz CT molecular complexity index is 507. The molecule has 5 heteroatoms. The average Bonchev–Trinajstić information content (AvgIpc) is 2.62. The molecule has 0 aliphatic rings. The van der Waals surface area contributed by atoms with E-state index in [1.807, 2.05) is 62.6 Å². The number of nitrogens with one attached hydrogen (secondary N) is 2. The van der Waals surface area contributed by atoms with Crippen molar-refractivity contribution < 1.29 is 9.47 Å². The summed E-state index contributed by atoms with van der Waals surface area (Å²) in [5.74, 6) is 1.84. The Hall–Kier alpha value is -2.07. The van der Waals surface area contributed by atoms with Crippen LogP contribution in [-0.2, 0) is 0 Å². The number of ether oxygens (including phenoxy) is 2. The molecule has 0 spiro atoms. The van der Waals surface area contributed by atoms with Crippen LogP contribution in [0, 0.1) is 0 Å². The van der Waals surface area contributed by atoms with Crippen LogP contribution in [0.15, 0.2) is 48.5 Å². The van der Waals surface area contributed by atoms with Crippen molar-refractivity contribution in [2.45, 2.75) is 19.3 Å². The van der Waals surface area contributed by atoms with Crippen molar-refractivity contribution in [3.8, 4) is 11.5 Å². The molecule has 0 unspecified atom stereocenters. The van der Waals surface area contributed by atoms with Gasteiger partial charge in [0.2, 0.25) is 0 Å². The molecule has 132 valence electrons. The zero-order valence-electron chi connectivity index (χ0n) is 14.4. The lowest BCUT2D eigenvalue weighted by Gasteiger charge is -2.08. The van der Waals surface area contributed by atoms with E-state index in [9.17, 15) is 0 Å². The van der Waals surface area contributed by atoms with Gasteiger partial charge in [0.25, 0.3) is 0 Å². The van der Waals surface area contributed by atoms with Crippen LogP contribution in [0.5, 0.6) is 11.5 Å². The minimum absolute atomic E-state index is 0. The average molecular weight is 351 g/mol. The fraction of sp³-hybridized carbons (Fsp3) is 0.368. The standard InChI is InChI=1S/C19H26N2O2.ClH/c1-20-16-6-10-18(11-7-16)22-14-4-3-5-15-23-19-12-8-17(21-2)9-13-19;/h6-13,20-21H,3-5,14-15H2,1-2H3;1H. The molecular formula is C19H27ClN2O2. The van der Waals surface area contributed by atoms with Crippen LogP contribution in [0.1, 0.15) is 19.3 Å². The van der Waals surface area contributed by atoms with Gasteiger partial charge in [0, 0.05) is 25.5 Å². The predicted octanol–water partition coefficient (Wildman–Crippen LogP) is 4.82. The lowest BCUT2D eigenvalue weighted by atomic mass is 10.2. The maximum atomic E-state index is 5.72. The topological polar surface area (TPSA) is 42.5 Å². The van der Waals surface area contributed by atoms with Crippen molar-refractivity contribution in [1.29, 1.82) is 0 Å². The number of halogens is 1. The minimum atomic E-state index is 0. The van der Waals surface area contributed by atoms with E-state index in [-0.39, 0.29) is 12.4 Å². The lowest BCUT2D eigenvalue weighted by molar-refractivity contribution is 0.279. The van der Waals surface area contributed by atoms with E-state index >= 15 is 0 Å². The first kappa shape index (κ1) is 20.0. The molecule has 2 rings (SSSR count). The third-order valence-corrected chi connectivity index (χ3v) is 3.61. The number of hydrogen-bond donors (Lipinski definition) is 2. The van der Waals surface area contributed by atoms with Crippen LogP contribution in [-0.4, -0.2) is 27.3 Å². The molecule has 0 atom stereocenters. The summed E-state index contributed by atoms with van der Waals surface area (Å²) >= 11 is 0. The van der Waals surface area contributed by atoms with Crippen LogP contribution >= 0.6 is 12.4 Å². The van der Waals surface area contributed by atoms with Crippen LogP contribution < -0.4 is 20.1 Å². The van der Waals surface area contributed by atoms with Crippen LogP contribution in [0.2, 0.25) is 0 Å². The monoisotopic (exact) mass is 350 g/mol. The van der Waals surface area contributed by atoms with Crippen LogP contribution in [0.4, 0.5) is 11.4 Å². The summed E-state index contributed by atoms with van der Waals surface area (Å²) in [6, 6.07) is 16.0. The molecule has 0 aliphatic heterocycles. The molecule has 0 saturated carbocycles. The molecule has 0 aliphatic carbocycles.